The van der Waals surface area contributed by atoms with Crippen molar-refractivity contribution in [2.24, 2.45) is 0 Å². The lowest BCUT2D eigenvalue weighted by molar-refractivity contribution is -0.128. The van der Waals surface area contributed by atoms with Gasteiger partial charge in [0, 0.05) is 42.6 Å². The molecule has 2 heterocycles. The van der Waals surface area contributed by atoms with Gasteiger partial charge in [-0.1, -0.05) is 0 Å². The van der Waals surface area contributed by atoms with Gasteiger partial charge >= 0.3 is 0 Å². The Morgan fingerprint density at radius 3 is 2.92 bits per heavy atom. The first-order valence-electron chi connectivity index (χ1n) is 9.11. The van der Waals surface area contributed by atoms with Crippen LogP contribution in [0.25, 0.3) is 0 Å². The molecule has 0 unspecified atom stereocenters. The van der Waals surface area contributed by atoms with Gasteiger partial charge in [-0.3, -0.25) is 4.79 Å². The minimum absolute atomic E-state index is 0.108. The molecule has 0 aromatic heterocycles. The second-order valence-corrected chi connectivity index (χ2v) is 7.92. The molecular weight excluding hydrogens is 336 g/mol. The Morgan fingerprint density at radius 2 is 2.24 bits per heavy atom. The van der Waals surface area contributed by atoms with Crippen molar-refractivity contribution in [3.8, 4) is 0 Å². The second-order valence-electron chi connectivity index (χ2n) is 6.70. The van der Waals surface area contributed by atoms with Gasteiger partial charge in [-0.15, -0.1) is 0 Å². The molecule has 0 radical (unpaired) electrons. The number of hydrogen-bond acceptors (Lipinski definition) is 5. The first-order chi connectivity index (χ1) is 12.1. The van der Waals surface area contributed by atoms with Crippen LogP contribution in [0.15, 0.2) is 18.2 Å². The number of aryl methyl sites for hydroxylation is 1. The van der Waals surface area contributed by atoms with E-state index in [4.69, 9.17) is 9.47 Å². The molecule has 2 fully saturated rings. The van der Waals surface area contributed by atoms with E-state index < -0.39 is 6.10 Å². The molecule has 2 aliphatic rings. The molecule has 3 rings (SSSR count). The molecule has 1 N–H and O–H groups in total. The van der Waals surface area contributed by atoms with Crippen molar-refractivity contribution in [2.75, 3.05) is 48.0 Å². The minimum Gasteiger partial charge on any atom is -0.376 e. The molecular formula is C19H28N2O3S. The standard InChI is InChI=1S/C19H28N2O3S/c1-14-12-16(21-7-10-25-11-8-21)5-6-18(14)20-19(22)15(2)24-13-17-4-3-9-23-17/h5-6,12,15,17H,3-4,7-11,13H2,1-2H3,(H,20,22)/t15-,17+/m0/s1. The monoisotopic (exact) mass is 364 g/mol. The van der Waals surface area contributed by atoms with Crippen LogP contribution in [-0.4, -0.2) is 55.9 Å². The van der Waals surface area contributed by atoms with Gasteiger partial charge in [0.15, 0.2) is 0 Å². The minimum atomic E-state index is -0.484. The van der Waals surface area contributed by atoms with Gasteiger partial charge in [0.05, 0.1) is 12.7 Å². The molecule has 0 spiro atoms. The molecule has 6 heteroatoms. The fraction of sp³-hybridized carbons (Fsp3) is 0.632. The van der Waals surface area contributed by atoms with Crippen molar-refractivity contribution in [3.05, 3.63) is 23.8 Å². The highest BCUT2D eigenvalue weighted by Gasteiger charge is 2.20. The molecule has 5 nitrogen and oxygen atoms in total. The molecule has 1 aromatic rings. The van der Waals surface area contributed by atoms with Crippen LogP contribution in [-0.2, 0) is 14.3 Å². The molecule has 0 saturated carbocycles. The maximum absolute atomic E-state index is 12.4. The summed E-state index contributed by atoms with van der Waals surface area (Å²) in [6, 6.07) is 6.25. The predicted octanol–water partition coefficient (Wildman–Crippen LogP) is 3.07. The number of rotatable bonds is 6. The zero-order valence-electron chi connectivity index (χ0n) is 15.1. The van der Waals surface area contributed by atoms with E-state index in [9.17, 15) is 4.79 Å². The number of hydrogen-bond donors (Lipinski definition) is 1. The van der Waals surface area contributed by atoms with E-state index in [0.717, 1.165) is 43.8 Å². The molecule has 0 aliphatic carbocycles. The lowest BCUT2D eigenvalue weighted by Gasteiger charge is -2.29. The van der Waals surface area contributed by atoms with Crippen LogP contribution in [0.4, 0.5) is 11.4 Å². The van der Waals surface area contributed by atoms with Crippen LogP contribution in [0, 0.1) is 6.92 Å². The summed E-state index contributed by atoms with van der Waals surface area (Å²) in [6.07, 6.45) is 1.75. The summed E-state index contributed by atoms with van der Waals surface area (Å²) in [6.45, 7) is 7.29. The number of carbonyl (C=O) groups is 1. The predicted molar refractivity (Wildman–Crippen MR) is 104 cm³/mol. The first-order valence-corrected chi connectivity index (χ1v) is 10.3. The number of benzene rings is 1. The summed E-state index contributed by atoms with van der Waals surface area (Å²) in [7, 11) is 0. The average molecular weight is 365 g/mol. The third-order valence-electron chi connectivity index (χ3n) is 4.77. The third kappa shape index (κ3) is 5.12. The van der Waals surface area contributed by atoms with Crippen LogP contribution in [0.5, 0.6) is 0 Å². The van der Waals surface area contributed by atoms with E-state index >= 15 is 0 Å². The molecule has 25 heavy (non-hydrogen) atoms. The van der Waals surface area contributed by atoms with Gasteiger partial charge in [0.25, 0.3) is 5.91 Å². The van der Waals surface area contributed by atoms with Crippen molar-refractivity contribution >= 4 is 29.0 Å². The number of thioether (sulfide) groups is 1. The number of amides is 1. The van der Waals surface area contributed by atoms with Gasteiger partial charge in [-0.05, 0) is 50.5 Å². The number of anilines is 2. The molecule has 0 bridgehead atoms. The molecule has 2 saturated heterocycles. The van der Waals surface area contributed by atoms with Crippen LogP contribution in [0.3, 0.4) is 0 Å². The van der Waals surface area contributed by atoms with Crippen LogP contribution in [0.1, 0.15) is 25.3 Å². The van der Waals surface area contributed by atoms with Crippen LogP contribution in [0.2, 0.25) is 0 Å². The lowest BCUT2D eigenvalue weighted by atomic mass is 10.1. The highest BCUT2D eigenvalue weighted by molar-refractivity contribution is 7.99. The SMILES string of the molecule is Cc1cc(N2CCSCC2)ccc1NC(=O)[C@H](C)OC[C@H]1CCCO1. The van der Waals surface area contributed by atoms with E-state index in [1.165, 1.54) is 17.2 Å². The van der Waals surface area contributed by atoms with Gasteiger partial charge < -0.3 is 19.7 Å². The van der Waals surface area contributed by atoms with E-state index in [1.807, 2.05) is 24.8 Å². The highest BCUT2D eigenvalue weighted by Crippen LogP contribution is 2.25. The summed E-state index contributed by atoms with van der Waals surface area (Å²) in [5.74, 6) is 2.25. The van der Waals surface area contributed by atoms with Crippen molar-refractivity contribution < 1.29 is 14.3 Å². The Hall–Kier alpha value is -1.24. The number of nitrogens with one attached hydrogen (secondary N) is 1. The van der Waals surface area contributed by atoms with Crippen molar-refractivity contribution in [1.29, 1.82) is 0 Å². The Bertz CT molecular complexity index is 584. The molecule has 2 aliphatic heterocycles. The third-order valence-corrected chi connectivity index (χ3v) is 5.71. The number of ether oxygens (including phenoxy) is 2. The molecule has 138 valence electrons. The van der Waals surface area contributed by atoms with E-state index in [-0.39, 0.29) is 12.0 Å². The molecule has 1 aromatic carbocycles. The largest absolute Gasteiger partial charge is 0.376 e. The Balaban J connectivity index is 1.53. The maximum Gasteiger partial charge on any atom is 0.253 e. The number of nitrogens with zero attached hydrogens (tertiary/aromatic N) is 1. The number of carbonyl (C=O) groups excluding carboxylic acids is 1. The van der Waals surface area contributed by atoms with E-state index in [2.05, 4.69) is 22.3 Å². The zero-order chi connectivity index (χ0) is 17.6. The summed E-state index contributed by atoms with van der Waals surface area (Å²) >= 11 is 2.00. The van der Waals surface area contributed by atoms with Crippen LogP contribution >= 0.6 is 11.8 Å². The summed E-state index contributed by atoms with van der Waals surface area (Å²) < 4.78 is 11.2. The van der Waals surface area contributed by atoms with Crippen molar-refractivity contribution in [2.45, 2.75) is 38.9 Å². The Kier molecular flexibility index (Phi) is 6.62. The summed E-state index contributed by atoms with van der Waals surface area (Å²) in [5, 5.41) is 2.99. The first kappa shape index (κ1) is 18.5. The topological polar surface area (TPSA) is 50.8 Å². The van der Waals surface area contributed by atoms with Crippen molar-refractivity contribution in [3.63, 3.8) is 0 Å². The summed E-state index contributed by atoms with van der Waals surface area (Å²) in [4.78, 5) is 14.8. The fourth-order valence-electron chi connectivity index (χ4n) is 3.14. The quantitative estimate of drug-likeness (QED) is 0.841. The average Bonchev–Trinajstić information content (AvgIpc) is 3.15. The van der Waals surface area contributed by atoms with Gasteiger partial charge in [-0.25, -0.2) is 0 Å². The molecule has 2 atom stereocenters. The highest BCUT2D eigenvalue weighted by atomic mass is 32.2. The second kappa shape index (κ2) is 8.92. The maximum atomic E-state index is 12.4. The lowest BCUT2D eigenvalue weighted by Crippen LogP contribution is -2.32. The normalized spacial score (nSPS) is 22.0. The van der Waals surface area contributed by atoms with Crippen molar-refractivity contribution in [1.82, 2.24) is 0 Å². The van der Waals surface area contributed by atoms with E-state index in [1.54, 1.807) is 6.92 Å². The summed E-state index contributed by atoms with van der Waals surface area (Å²) in [5.41, 5.74) is 3.17. The Morgan fingerprint density at radius 1 is 1.44 bits per heavy atom. The smallest absolute Gasteiger partial charge is 0.253 e. The van der Waals surface area contributed by atoms with Gasteiger partial charge in [-0.2, -0.15) is 11.8 Å². The fourth-order valence-corrected chi connectivity index (χ4v) is 4.05. The van der Waals surface area contributed by atoms with Gasteiger partial charge in [0.1, 0.15) is 6.10 Å². The Labute approximate surface area is 154 Å². The van der Waals surface area contributed by atoms with Crippen LogP contribution < -0.4 is 10.2 Å². The van der Waals surface area contributed by atoms with Gasteiger partial charge in [0.2, 0.25) is 0 Å². The molecule has 1 amide bonds. The zero-order valence-corrected chi connectivity index (χ0v) is 15.9. The van der Waals surface area contributed by atoms with E-state index in [0.29, 0.717) is 6.61 Å².